The maximum atomic E-state index is 10.6. The summed E-state index contributed by atoms with van der Waals surface area (Å²) in [6.07, 6.45) is 26.2. The third-order valence-electron chi connectivity index (χ3n) is 7.84. The van der Waals surface area contributed by atoms with Gasteiger partial charge in [0.2, 0.25) is 0 Å². The minimum absolute atomic E-state index is 0.140. The van der Waals surface area contributed by atoms with Crippen LogP contribution in [-0.4, -0.2) is 35.6 Å². The topological polar surface area (TPSA) is 49.7 Å². The van der Waals surface area contributed by atoms with Crippen LogP contribution in [0.25, 0.3) is 0 Å². The SMILES string of the molecule is CCCCCCCCC(CCCOCCCC(CCCCCCCC)C(O)CCC)C(O)CCC. The van der Waals surface area contributed by atoms with E-state index in [1.807, 2.05) is 0 Å². The minimum atomic E-state index is -0.140. The van der Waals surface area contributed by atoms with Crippen molar-refractivity contribution in [3.05, 3.63) is 0 Å². The first-order chi connectivity index (χ1) is 17.1. The highest BCUT2D eigenvalue weighted by Gasteiger charge is 2.19. The molecule has 2 N–H and O–H groups in total. The van der Waals surface area contributed by atoms with E-state index in [9.17, 15) is 10.2 Å². The van der Waals surface area contributed by atoms with Crippen LogP contribution in [0.15, 0.2) is 0 Å². The van der Waals surface area contributed by atoms with Crippen LogP contribution in [0, 0.1) is 11.8 Å². The molecule has 3 heteroatoms. The van der Waals surface area contributed by atoms with Crippen LogP contribution in [0.5, 0.6) is 0 Å². The molecule has 0 aromatic rings. The maximum absolute atomic E-state index is 10.6. The summed E-state index contributed by atoms with van der Waals surface area (Å²) < 4.78 is 5.99. The lowest BCUT2D eigenvalue weighted by Gasteiger charge is -2.23. The number of hydrogen-bond donors (Lipinski definition) is 2. The van der Waals surface area contributed by atoms with E-state index in [0.29, 0.717) is 11.8 Å². The predicted octanol–water partition coefficient (Wildman–Crippen LogP) is 9.62. The average Bonchev–Trinajstić information content (AvgIpc) is 2.85. The van der Waals surface area contributed by atoms with Crippen LogP contribution < -0.4 is 0 Å². The number of ether oxygens (including phenoxy) is 1. The van der Waals surface area contributed by atoms with E-state index in [0.717, 1.165) is 64.6 Å². The molecule has 0 aliphatic heterocycles. The van der Waals surface area contributed by atoms with Gasteiger partial charge in [-0.3, -0.25) is 0 Å². The fourth-order valence-corrected chi connectivity index (χ4v) is 5.49. The molecule has 0 aromatic carbocycles. The quantitative estimate of drug-likeness (QED) is 0.106. The summed E-state index contributed by atoms with van der Waals surface area (Å²) in [5.74, 6) is 0.881. The van der Waals surface area contributed by atoms with Gasteiger partial charge in [0.15, 0.2) is 0 Å². The number of rotatable bonds is 28. The molecule has 0 bridgehead atoms. The number of aliphatic hydroxyl groups is 2. The Morgan fingerprint density at radius 2 is 0.743 bits per heavy atom. The second kappa shape index (κ2) is 26.9. The average molecular weight is 499 g/mol. The molecule has 35 heavy (non-hydrogen) atoms. The van der Waals surface area contributed by atoms with Gasteiger partial charge in [-0.25, -0.2) is 0 Å². The van der Waals surface area contributed by atoms with Crippen molar-refractivity contribution < 1.29 is 14.9 Å². The second-order valence-corrected chi connectivity index (χ2v) is 11.2. The highest BCUT2D eigenvalue weighted by atomic mass is 16.5. The van der Waals surface area contributed by atoms with Crippen molar-refractivity contribution in [2.24, 2.45) is 11.8 Å². The summed E-state index contributed by atoms with van der Waals surface area (Å²) in [5, 5.41) is 21.2. The highest BCUT2D eigenvalue weighted by Crippen LogP contribution is 2.25. The van der Waals surface area contributed by atoms with Crippen molar-refractivity contribution in [2.45, 2.75) is 181 Å². The number of hydrogen-bond acceptors (Lipinski definition) is 3. The Hall–Kier alpha value is -0.120. The Balaban J connectivity index is 4.11. The molecule has 0 heterocycles. The van der Waals surface area contributed by atoms with Crippen LogP contribution in [0.1, 0.15) is 169 Å². The molecule has 0 spiro atoms. The largest absolute Gasteiger partial charge is 0.393 e. The van der Waals surface area contributed by atoms with Gasteiger partial charge in [-0.05, 0) is 63.2 Å². The van der Waals surface area contributed by atoms with Crippen LogP contribution in [-0.2, 0) is 4.74 Å². The molecule has 0 saturated carbocycles. The van der Waals surface area contributed by atoms with Crippen LogP contribution in [0.2, 0.25) is 0 Å². The summed E-state index contributed by atoms with van der Waals surface area (Å²) in [7, 11) is 0. The Kier molecular flexibility index (Phi) is 26.8. The van der Waals surface area contributed by atoms with Crippen LogP contribution >= 0.6 is 0 Å². The van der Waals surface area contributed by atoms with Gasteiger partial charge in [0.1, 0.15) is 0 Å². The first kappa shape index (κ1) is 34.9. The fourth-order valence-electron chi connectivity index (χ4n) is 5.49. The van der Waals surface area contributed by atoms with E-state index < -0.39 is 0 Å². The van der Waals surface area contributed by atoms with E-state index in [4.69, 9.17) is 4.74 Å². The standard InChI is InChI=1S/C32H66O3/c1-5-9-11-13-15-17-23-29(31(33)21-7-3)25-19-27-35-28-20-26-30(32(34)22-8-4)24-18-16-14-12-10-6-2/h29-34H,5-28H2,1-4H3. The van der Waals surface area contributed by atoms with Gasteiger partial charge in [-0.1, -0.05) is 118 Å². The molecule has 0 fully saturated rings. The zero-order valence-electron chi connectivity index (χ0n) is 24.6. The predicted molar refractivity (Wildman–Crippen MR) is 154 cm³/mol. The number of aliphatic hydroxyl groups excluding tert-OH is 2. The van der Waals surface area contributed by atoms with Crippen molar-refractivity contribution in [1.82, 2.24) is 0 Å². The molecule has 0 rings (SSSR count). The molecular weight excluding hydrogens is 432 g/mol. The zero-order chi connectivity index (χ0) is 26.0. The monoisotopic (exact) mass is 499 g/mol. The van der Waals surface area contributed by atoms with Gasteiger partial charge in [0.25, 0.3) is 0 Å². The van der Waals surface area contributed by atoms with Gasteiger partial charge in [-0.2, -0.15) is 0 Å². The van der Waals surface area contributed by atoms with E-state index in [1.165, 1.54) is 89.9 Å². The van der Waals surface area contributed by atoms with Crippen molar-refractivity contribution in [3.63, 3.8) is 0 Å². The van der Waals surface area contributed by atoms with Gasteiger partial charge in [-0.15, -0.1) is 0 Å². The molecule has 0 saturated heterocycles. The molecule has 4 atom stereocenters. The zero-order valence-corrected chi connectivity index (χ0v) is 24.6. The molecule has 4 unspecified atom stereocenters. The third-order valence-corrected chi connectivity index (χ3v) is 7.84. The molecule has 0 radical (unpaired) electrons. The molecule has 0 aliphatic carbocycles. The molecule has 0 aliphatic rings. The lowest BCUT2D eigenvalue weighted by atomic mass is 9.88. The number of unbranched alkanes of at least 4 members (excludes halogenated alkanes) is 10. The van der Waals surface area contributed by atoms with E-state index in [2.05, 4.69) is 27.7 Å². The maximum Gasteiger partial charge on any atom is 0.0568 e. The summed E-state index contributed by atoms with van der Waals surface area (Å²) in [4.78, 5) is 0. The first-order valence-electron chi connectivity index (χ1n) is 16.0. The molecular formula is C32H66O3. The smallest absolute Gasteiger partial charge is 0.0568 e. The molecule has 212 valence electrons. The van der Waals surface area contributed by atoms with Gasteiger partial charge < -0.3 is 14.9 Å². The lowest BCUT2D eigenvalue weighted by molar-refractivity contribution is 0.0638. The van der Waals surface area contributed by atoms with Gasteiger partial charge in [0, 0.05) is 13.2 Å². The second-order valence-electron chi connectivity index (χ2n) is 11.2. The first-order valence-corrected chi connectivity index (χ1v) is 16.0. The van der Waals surface area contributed by atoms with Crippen molar-refractivity contribution >= 4 is 0 Å². The van der Waals surface area contributed by atoms with Crippen molar-refractivity contribution in [3.8, 4) is 0 Å². The Bertz CT molecular complexity index is 364. The van der Waals surface area contributed by atoms with Gasteiger partial charge >= 0.3 is 0 Å². The lowest BCUT2D eigenvalue weighted by Crippen LogP contribution is -2.21. The van der Waals surface area contributed by atoms with E-state index >= 15 is 0 Å². The summed E-state index contributed by atoms with van der Waals surface area (Å²) in [6, 6.07) is 0. The van der Waals surface area contributed by atoms with Crippen molar-refractivity contribution in [2.75, 3.05) is 13.2 Å². The molecule has 0 aromatic heterocycles. The normalized spacial score (nSPS) is 15.3. The van der Waals surface area contributed by atoms with Crippen molar-refractivity contribution in [1.29, 1.82) is 0 Å². The third kappa shape index (κ3) is 21.7. The van der Waals surface area contributed by atoms with Crippen LogP contribution in [0.3, 0.4) is 0 Å². The van der Waals surface area contributed by atoms with Gasteiger partial charge in [0.05, 0.1) is 12.2 Å². The summed E-state index contributed by atoms with van der Waals surface area (Å²) in [6.45, 7) is 10.5. The Labute approximate surface area is 221 Å². The summed E-state index contributed by atoms with van der Waals surface area (Å²) in [5.41, 5.74) is 0. The highest BCUT2D eigenvalue weighted by molar-refractivity contribution is 4.71. The van der Waals surface area contributed by atoms with E-state index in [-0.39, 0.29) is 12.2 Å². The Morgan fingerprint density at radius 3 is 1.11 bits per heavy atom. The van der Waals surface area contributed by atoms with Crippen LogP contribution in [0.4, 0.5) is 0 Å². The summed E-state index contributed by atoms with van der Waals surface area (Å²) >= 11 is 0. The molecule has 0 amide bonds. The Morgan fingerprint density at radius 1 is 0.400 bits per heavy atom. The molecule has 3 nitrogen and oxygen atoms in total. The minimum Gasteiger partial charge on any atom is -0.393 e. The fraction of sp³-hybridized carbons (Fsp3) is 1.00. The van der Waals surface area contributed by atoms with E-state index in [1.54, 1.807) is 0 Å².